The normalized spacial score (nSPS) is 10.7. The number of aromatic nitrogens is 1. The fourth-order valence-corrected chi connectivity index (χ4v) is 2.63. The molecule has 0 bridgehead atoms. The first-order valence-corrected chi connectivity index (χ1v) is 6.91. The van der Waals surface area contributed by atoms with Crippen molar-refractivity contribution in [3.8, 4) is 5.75 Å². The molecule has 0 aliphatic rings. The summed E-state index contributed by atoms with van der Waals surface area (Å²) in [7, 11) is 0. The summed E-state index contributed by atoms with van der Waals surface area (Å²) in [5.74, 6) is -1.96. The van der Waals surface area contributed by atoms with E-state index < -0.39 is 11.6 Å². The first kappa shape index (κ1) is 13.4. The fraction of sp³-hybridized carbons (Fsp3) is 0.250. The number of ether oxygens (including phenoxy) is 1. The monoisotopic (exact) mass is 333 g/mol. The zero-order chi connectivity index (χ0) is 13.1. The van der Waals surface area contributed by atoms with Crippen LogP contribution in [-0.2, 0) is 6.42 Å². The molecule has 0 aliphatic heterocycles. The van der Waals surface area contributed by atoms with Crippen molar-refractivity contribution in [1.82, 2.24) is 4.98 Å². The maximum Gasteiger partial charge on any atom is 0.200 e. The summed E-state index contributed by atoms with van der Waals surface area (Å²) in [5.41, 5.74) is 2.70. The topological polar surface area (TPSA) is 22.1 Å². The van der Waals surface area contributed by atoms with Crippen LogP contribution < -0.4 is 4.74 Å². The number of thiazole rings is 1. The average Bonchev–Trinajstić information content (AvgIpc) is 2.71. The molecule has 0 fully saturated rings. The largest absolute Gasteiger partial charge is 0.490 e. The standard InChI is InChI=1S/C12H10BrF2NOS/c1-7-11(18-6-16-7)2-3-17-10-5-8(13)4-9(14)12(10)15/h4-6H,2-3H2,1H3. The van der Waals surface area contributed by atoms with E-state index in [2.05, 4.69) is 20.9 Å². The Bertz CT molecular complexity index is 559. The van der Waals surface area contributed by atoms with Crippen LogP contribution in [0.1, 0.15) is 10.6 Å². The van der Waals surface area contributed by atoms with Crippen molar-refractivity contribution in [3.05, 3.63) is 44.3 Å². The molecule has 96 valence electrons. The van der Waals surface area contributed by atoms with Gasteiger partial charge in [-0.15, -0.1) is 11.3 Å². The van der Waals surface area contributed by atoms with Gasteiger partial charge in [0, 0.05) is 15.8 Å². The maximum absolute atomic E-state index is 13.4. The molecule has 6 heteroatoms. The average molecular weight is 334 g/mol. The third kappa shape index (κ3) is 3.05. The van der Waals surface area contributed by atoms with Gasteiger partial charge in [-0.1, -0.05) is 15.9 Å². The van der Waals surface area contributed by atoms with Crippen molar-refractivity contribution in [2.45, 2.75) is 13.3 Å². The number of nitrogens with zero attached hydrogens (tertiary/aromatic N) is 1. The minimum atomic E-state index is -0.959. The molecule has 1 aromatic heterocycles. The summed E-state index contributed by atoms with van der Waals surface area (Å²) in [4.78, 5) is 5.20. The van der Waals surface area contributed by atoms with Gasteiger partial charge in [-0.25, -0.2) is 9.37 Å². The lowest BCUT2D eigenvalue weighted by Gasteiger charge is -2.07. The molecule has 2 nitrogen and oxygen atoms in total. The van der Waals surface area contributed by atoms with Gasteiger partial charge < -0.3 is 4.74 Å². The molecule has 2 rings (SSSR count). The van der Waals surface area contributed by atoms with E-state index in [0.29, 0.717) is 10.9 Å². The van der Waals surface area contributed by atoms with E-state index >= 15 is 0 Å². The molecule has 0 atom stereocenters. The van der Waals surface area contributed by atoms with Crippen molar-refractivity contribution >= 4 is 27.3 Å². The zero-order valence-electron chi connectivity index (χ0n) is 9.54. The second-order valence-electron chi connectivity index (χ2n) is 3.66. The molecule has 18 heavy (non-hydrogen) atoms. The van der Waals surface area contributed by atoms with Gasteiger partial charge in [0.15, 0.2) is 11.6 Å². The highest BCUT2D eigenvalue weighted by atomic mass is 79.9. The molecule has 0 unspecified atom stereocenters. The number of hydrogen-bond acceptors (Lipinski definition) is 3. The summed E-state index contributed by atoms with van der Waals surface area (Å²) >= 11 is 4.62. The van der Waals surface area contributed by atoms with E-state index in [0.717, 1.165) is 16.6 Å². The lowest BCUT2D eigenvalue weighted by atomic mass is 10.3. The Kier molecular flexibility index (Phi) is 4.29. The smallest absolute Gasteiger partial charge is 0.200 e. The summed E-state index contributed by atoms with van der Waals surface area (Å²) in [6.07, 6.45) is 0.629. The van der Waals surface area contributed by atoms with Crippen molar-refractivity contribution in [1.29, 1.82) is 0 Å². The van der Waals surface area contributed by atoms with Gasteiger partial charge in [0.25, 0.3) is 0 Å². The van der Waals surface area contributed by atoms with Crippen LogP contribution in [0.5, 0.6) is 5.75 Å². The van der Waals surface area contributed by atoms with Crippen LogP contribution in [0, 0.1) is 18.6 Å². The predicted molar refractivity (Wildman–Crippen MR) is 70.1 cm³/mol. The summed E-state index contributed by atoms with van der Waals surface area (Å²) < 4.78 is 32.2. The van der Waals surface area contributed by atoms with E-state index in [9.17, 15) is 8.78 Å². The van der Waals surface area contributed by atoms with Gasteiger partial charge >= 0.3 is 0 Å². The van der Waals surface area contributed by atoms with Gasteiger partial charge in [-0.2, -0.15) is 4.39 Å². The van der Waals surface area contributed by atoms with E-state index in [1.165, 1.54) is 17.4 Å². The zero-order valence-corrected chi connectivity index (χ0v) is 11.9. The Morgan fingerprint density at radius 2 is 2.17 bits per heavy atom. The molecule has 0 saturated carbocycles. The van der Waals surface area contributed by atoms with Gasteiger partial charge in [0.2, 0.25) is 5.82 Å². The first-order chi connectivity index (χ1) is 8.58. The SMILES string of the molecule is Cc1ncsc1CCOc1cc(Br)cc(F)c1F. The second-order valence-corrected chi connectivity index (χ2v) is 5.51. The minimum Gasteiger partial charge on any atom is -0.490 e. The molecule has 2 aromatic rings. The Labute approximate surface area is 116 Å². The van der Waals surface area contributed by atoms with E-state index in [1.807, 2.05) is 6.92 Å². The third-order valence-electron chi connectivity index (χ3n) is 2.39. The number of hydrogen-bond donors (Lipinski definition) is 0. The van der Waals surface area contributed by atoms with Gasteiger partial charge in [-0.3, -0.25) is 0 Å². The van der Waals surface area contributed by atoms with Crippen LogP contribution in [-0.4, -0.2) is 11.6 Å². The third-order valence-corrected chi connectivity index (χ3v) is 3.84. The van der Waals surface area contributed by atoms with Gasteiger partial charge in [-0.05, 0) is 19.1 Å². The molecule has 0 N–H and O–H groups in total. The van der Waals surface area contributed by atoms with Crippen LogP contribution in [0.2, 0.25) is 0 Å². The number of benzene rings is 1. The van der Waals surface area contributed by atoms with E-state index in [-0.39, 0.29) is 12.4 Å². The lowest BCUT2D eigenvalue weighted by Crippen LogP contribution is -2.03. The molecular weight excluding hydrogens is 324 g/mol. The van der Waals surface area contributed by atoms with Crippen LogP contribution in [0.25, 0.3) is 0 Å². The lowest BCUT2D eigenvalue weighted by molar-refractivity contribution is 0.299. The van der Waals surface area contributed by atoms with Gasteiger partial charge in [0.05, 0.1) is 17.8 Å². The first-order valence-electron chi connectivity index (χ1n) is 5.24. The van der Waals surface area contributed by atoms with Crippen molar-refractivity contribution in [2.75, 3.05) is 6.61 Å². The highest BCUT2D eigenvalue weighted by Gasteiger charge is 2.11. The van der Waals surface area contributed by atoms with Crippen LogP contribution >= 0.6 is 27.3 Å². The molecule has 0 spiro atoms. The van der Waals surface area contributed by atoms with Crippen molar-refractivity contribution in [2.24, 2.45) is 0 Å². The highest BCUT2D eigenvalue weighted by Crippen LogP contribution is 2.25. The molecule has 0 amide bonds. The summed E-state index contributed by atoms with van der Waals surface area (Å²) in [6, 6.07) is 2.48. The molecule has 1 aromatic carbocycles. The maximum atomic E-state index is 13.4. The second kappa shape index (κ2) is 5.75. The summed E-state index contributed by atoms with van der Waals surface area (Å²) in [5, 5.41) is 0. The minimum absolute atomic E-state index is 0.0796. The summed E-state index contributed by atoms with van der Waals surface area (Å²) in [6.45, 7) is 2.20. The Morgan fingerprint density at radius 1 is 1.39 bits per heavy atom. The van der Waals surface area contributed by atoms with Crippen molar-refractivity contribution in [3.63, 3.8) is 0 Å². The Hall–Kier alpha value is -1.01. The van der Waals surface area contributed by atoms with Crippen LogP contribution in [0.15, 0.2) is 22.1 Å². The van der Waals surface area contributed by atoms with E-state index in [1.54, 1.807) is 5.51 Å². The molecule has 1 heterocycles. The number of rotatable bonds is 4. The molecular formula is C12H10BrF2NOS. The molecule has 0 aliphatic carbocycles. The fourth-order valence-electron chi connectivity index (χ4n) is 1.46. The predicted octanol–water partition coefficient (Wildman–Crippen LogP) is 4.11. The quantitative estimate of drug-likeness (QED) is 0.785. The Morgan fingerprint density at radius 3 is 2.83 bits per heavy atom. The van der Waals surface area contributed by atoms with Crippen molar-refractivity contribution < 1.29 is 13.5 Å². The number of aryl methyl sites for hydroxylation is 1. The molecule has 0 saturated heterocycles. The van der Waals surface area contributed by atoms with Crippen LogP contribution in [0.3, 0.4) is 0 Å². The molecule has 0 radical (unpaired) electrons. The van der Waals surface area contributed by atoms with Crippen LogP contribution in [0.4, 0.5) is 8.78 Å². The highest BCUT2D eigenvalue weighted by molar-refractivity contribution is 9.10. The Balaban J connectivity index is 2.01. The van der Waals surface area contributed by atoms with Gasteiger partial charge in [0.1, 0.15) is 0 Å². The van der Waals surface area contributed by atoms with E-state index in [4.69, 9.17) is 4.74 Å². The number of halogens is 3.